The molecule has 0 aliphatic rings. The van der Waals surface area contributed by atoms with E-state index in [4.69, 9.17) is 4.42 Å². The van der Waals surface area contributed by atoms with Crippen LogP contribution in [0.5, 0.6) is 0 Å². The largest absolute Gasteiger partial charge is 0.456 e. The molecule has 0 fully saturated rings. The zero-order valence-corrected chi connectivity index (χ0v) is 30.6. The third kappa shape index (κ3) is 5.40. The minimum atomic E-state index is 0.885. The average molecular weight is 720 g/mol. The molecular weight excluding hydrogens is 687 g/mol. The number of thiophene rings is 1. The molecule has 11 rings (SSSR count). The number of nitrogens with zero attached hydrogens (tertiary/aromatic N) is 1. The maximum Gasteiger partial charge on any atom is 0.135 e. The van der Waals surface area contributed by atoms with E-state index in [1.165, 1.54) is 70.0 Å². The predicted molar refractivity (Wildman–Crippen MR) is 235 cm³/mol. The number of benzene rings is 9. The van der Waals surface area contributed by atoms with E-state index in [9.17, 15) is 0 Å². The second-order valence-electron chi connectivity index (χ2n) is 14.1. The van der Waals surface area contributed by atoms with Gasteiger partial charge >= 0.3 is 0 Å². The number of hydrogen-bond acceptors (Lipinski definition) is 3. The lowest BCUT2D eigenvalue weighted by molar-refractivity contribution is 0.669. The molecule has 258 valence electrons. The van der Waals surface area contributed by atoms with E-state index in [2.05, 4.69) is 193 Å². The maximum atomic E-state index is 6.31. The van der Waals surface area contributed by atoms with Crippen molar-refractivity contribution in [2.24, 2.45) is 0 Å². The highest BCUT2D eigenvalue weighted by Crippen LogP contribution is 2.50. The van der Waals surface area contributed by atoms with Gasteiger partial charge in [-0.3, -0.25) is 0 Å². The van der Waals surface area contributed by atoms with Gasteiger partial charge in [-0.2, -0.15) is 0 Å². The summed E-state index contributed by atoms with van der Waals surface area (Å²) >= 11 is 1.86. The lowest BCUT2D eigenvalue weighted by Crippen LogP contribution is -2.11. The van der Waals surface area contributed by atoms with E-state index in [1.54, 1.807) is 0 Å². The van der Waals surface area contributed by atoms with E-state index in [-0.39, 0.29) is 0 Å². The van der Waals surface area contributed by atoms with Gasteiger partial charge in [-0.15, -0.1) is 11.3 Å². The summed E-state index contributed by atoms with van der Waals surface area (Å²) in [5.74, 6) is 0. The summed E-state index contributed by atoms with van der Waals surface area (Å²) in [5, 5.41) is 7.28. The Bertz CT molecular complexity index is 3190. The Morgan fingerprint density at radius 3 is 1.80 bits per heavy atom. The van der Waals surface area contributed by atoms with Crippen molar-refractivity contribution in [1.29, 1.82) is 0 Å². The molecule has 0 saturated carbocycles. The summed E-state index contributed by atoms with van der Waals surface area (Å²) < 4.78 is 8.84. The van der Waals surface area contributed by atoms with Crippen LogP contribution in [0.3, 0.4) is 0 Å². The molecule has 2 heterocycles. The van der Waals surface area contributed by atoms with Gasteiger partial charge in [0.25, 0.3) is 0 Å². The van der Waals surface area contributed by atoms with Crippen LogP contribution in [0.15, 0.2) is 205 Å². The van der Waals surface area contributed by atoms with Gasteiger partial charge in [0, 0.05) is 43.2 Å². The van der Waals surface area contributed by atoms with Crippen molar-refractivity contribution in [3.63, 3.8) is 0 Å². The highest BCUT2D eigenvalue weighted by Gasteiger charge is 2.23. The fraction of sp³-hybridized carbons (Fsp3) is 0. The van der Waals surface area contributed by atoms with Crippen LogP contribution >= 0.6 is 11.3 Å². The minimum absolute atomic E-state index is 0.885. The van der Waals surface area contributed by atoms with E-state index in [0.29, 0.717) is 0 Å². The van der Waals surface area contributed by atoms with Crippen LogP contribution in [0.25, 0.3) is 86.3 Å². The van der Waals surface area contributed by atoms with Crippen molar-refractivity contribution in [1.82, 2.24) is 0 Å². The molecule has 0 saturated heterocycles. The van der Waals surface area contributed by atoms with Gasteiger partial charge in [-0.25, -0.2) is 0 Å². The first-order valence-electron chi connectivity index (χ1n) is 18.7. The second kappa shape index (κ2) is 12.9. The van der Waals surface area contributed by atoms with Crippen molar-refractivity contribution in [2.45, 2.75) is 0 Å². The van der Waals surface area contributed by atoms with Gasteiger partial charge < -0.3 is 9.32 Å². The molecule has 0 aliphatic heterocycles. The highest BCUT2D eigenvalue weighted by atomic mass is 32.1. The summed E-state index contributed by atoms with van der Waals surface area (Å²) in [6.07, 6.45) is 0. The summed E-state index contributed by atoms with van der Waals surface area (Å²) in [5.41, 5.74) is 12.3. The van der Waals surface area contributed by atoms with Gasteiger partial charge in [-0.1, -0.05) is 152 Å². The van der Waals surface area contributed by atoms with Gasteiger partial charge in [-0.05, 0) is 87.1 Å². The standard InChI is InChI=1S/C52H33NOS/c1-2-11-38(12-3-1)43-29-30-46-45-15-7-9-17-50(45)55-52(46)51(43)53(42-28-31-49-47(33-42)44-14-6-8-16-48(44)54-49)41-26-24-36(25-27-41)35-18-20-37(21-19-35)40-23-22-34-10-4-5-13-39(34)32-40/h1-33H. The molecular formula is C52H33NOS. The van der Waals surface area contributed by atoms with E-state index >= 15 is 0 Å². The summed E-state index contributed by atoms with van der Waals surface area (Å²) in [6.45, 7) is 0. The van der Waals surface area contributed by atoms with Crippen molar-refractivity contribution in [3.05, 3.63) is 200 Å². The molecule has 55 heavy (non-hydrogen) atoms. The molecule has 3 heteroatoms. The highest BCUT2D eigenvalue weighted by molar-refractivity contribution is 7.26. The minimum Gasteiger partial charge on any atom is -0.456 e. The lowest BCUT2D eigenvalue weighted by atomic mass is 9.97. The van der Waals surface area contributed by atoms with Crippen LogP contribution in [0.4, 0.5) is 17.1 Å². The quantitative estimate of drug-likeness (QED) is 0.170. The molecule has 0 atom stereocenters. The SMILES string of the molecule is c1ccc(-c2ccc3c(sc4ccccc43)c2N(c2ccc(-c3ccc(-c4ccc5ccccc5c4)cc3)cc2)c2ccc3oc4ccccc4c3c2)cc1. The second-order valence-corrected chi connectivity index (χ2v) is 15.2. The fourth-order valence-corrected chi connectivity index (χ4v) is 9.38. The lowest BCUT2D eigenvalue weighted by Gasteiger charge is -2.29. The fourth-order valence-electron chi connectivity index (χ4n) is 8.13. The van der Waals surface area contributed by atoms with Crippen LogP contribution in [0.2, 0.25) is 0 Å². The van der Waals surface area contributed by atoms with Crippen molar-refractivity contribution in [2.75, 3.05) is 4.90 Å². The zero-order chi connectivity index (χ0) is 36.3. The number of anilines is 3. The Labute approximate surface area is 322 Å². The Morgan fingerprint density at radius 1 is 0.364 bits per heavy atom. The molecule has 0 bridgehead atoms. The molecule has 0 spiro atoms. The Balaban J connectivity index is 1.08. The Hall–Kier alpha value is -6.94. The zero-order valence-electron chi connectivity index (χ0n) is 29.8. The normalized spacial score (nSPS) is 11.6. The molecule has 0 radical (unpaired) electrons. The van der Waals surface area contributed by atoms with Gasteiger partial charge in [0.15, 0.2) is 0 Å². The third-order valence-corrected chi connectivity index (χ3v) is 12.1. The monoisotopic (exact) mass is 719 g/mol. The summed E-state index contributed by atoms with van der Waals surface area (Å²) in [7, 11) is 0. The molecule has 0 N–H and O–H groups in total. The molecule has 0 amide bonds. The van der Waals surface area contributed by atoms with Gasteiger partial charge in [0.1, 0.15) is 11.2 Å². The molecule has 11 aromatic rings. The topological polar surface area (TPSA) is 16.4 Å². The van der Waals surface area contributed by atoms with E-state index in [0.717, 1.165) is 33.3 Å². The molecule has 2 aromatic heterocycles. The number of fused-ring (bicyclic) bond motifs is 7. The predicted octanol–water partition coefficient (Wildman–Crippen LogP) is 15.6. The van der Waals surface area contributed by atoms with Crippen molar-refractivity contribution >= 4 is 81.3 Å². The molecule has 2 nitrogen and oxygen atoms in total. The molecule has 0 unspecified atom stereocenters. The first-order chi connectivity index (χ1) is 27.2. The van der Waals surface area contributed by atoms with Gasteiger partial charge in [0.05, 0.1) is 10.4 Å². The molecule has 9 aromatic carbocycles. The first kappa shape index (κ1) is 31.6. The third-order valence-electron chi connectivity index (χ3n) is 10.9. The summed E-state index contributed by atoms with van der Waals surface area (Å²) in [4.78, 5) is 2.45. The van der Waals surface area contributed by atoms with Gasteiger partial charge in [0.2, 0.25) is 0 Å². The number of furan rings is 1. The Morgan fingerprint density at radius 2 is 0.982 bits per heavy atom. The van der Waals surface area contributed by atoms with Crippen LogP contribution in [0, 0.1) is 0 Å². The van der Waals surface area contributed by atoms with Crippen LogP contribution in [-0.4, -0.2) is 0 Å². The average Bonchev–Trinajstić information content (AvgIpc) is 3.83. The first-order valence-corrected chi connectivity index (χ1v) is 19.5. The van der Waals surface area contributed by atoms with Crippen molar-refractivity contribution in [3.8, 4) is 33.4 Å². The number of para-hydroxylation sites is 1. The van der Waals surface area contributed by atoms with Crippen LogP contribution in [-0.2, 0) is 0 Å². The number of rotatable bonds is 6. The Kier molecular flexibility index (Phi) is 7.39. The maximum absolute atomic E-state index is 6.31. The van der Waals surface area contributed by atoms with E-state index in [1.807, 2.05) is 23.5 Å². The summed E-state index contributed by atoms with van der Waals surface area (Å²) in [6, 6.07) is 72.3. The van der Waals surface area contributed by atoms with Crippen molar-refractivity contribution < 1.29 is 4.42 Å². The molecule has 0 aliphatic carbocycles. The van der Waals surface area contributed by atoms with Crippen LogP contribution in [0.1, 0.15) is 0 Å². The smallest absolute Gasteiger partial charge is 0.135 e. The number of hydrogen-bond donors (Lipinski definition) is 0. The van der Waals surface area contributed by atoms with Crippen LogP contribution < -0.4 is 4.90 Å². The van der Waals surface area contributed by atoms with E-state index < -0.39 is 0 Å².